The molecular weight excluding hydrogens is 333 g/mol. The van der Waals surface area contributed by atoms with Gasteiger partial charge in [-0.1, -0.05) is 0 Å². The Balaban J connectivity index is 1.94. The van der Waals surface area contributed by atoms with Gasteiger partial charge in [-0.05, 0) is 25.1 Å². The van der Waals surface area contributed by atoms with Crippen LogP contribution in [0.2, 0.25) is 0 Å². The summed E-state index contributed by atoms with van der Waals surface area (Å²) >= 11 is 0. The van der Waals surface area contributed by atoms with E-state index >= 15 is 0 Å². The number of hydrogen-bond donors (Lipinski definition) is 1. The van der Waals surface area contributed by atoms with Crippen molar-refractivity contribution in [3.63, 3.8) is 0 Å². The van der Waals surface area contributed by atoms with Gasteiger partial charge in [0.2, 0.25) is 0 Å². The second kappa shape index (κ2) is 6.50. The van der Waals surface area contributed by atoms with Crippen molar-refractivity contribution >= 4 is 5.82 Å². The second-order valence-electron chi connectivity index (χ2n) is 5.46. The van der Waals surface area contributed by atoms with Crippen LogP contribution in [0.15, 0.2) is 36.7 Å². The number of alkyl halides is 3. The Labute approximate surface area is 141 Å². The molecule has 0 fully saturated rings. The Hall–Kier alpha value is -2.97. The number of nitrogens with zero attached hydrogens (tertiary/aromatic N) is 5. The SMILES string of the molecule is Cc1cc(CNc2cc(C(F)(F)F)nc(-c3cccnc3)n2)n(C)n1. The van der Waals surface area contributed by atoms with Crippen molar-refractivity contribution < 1.29 is 13.2 Å². The zero-order valence-electron chi connectivity index (χ0n) is 13.5. The molecule has 3 heterocycles. The number of aryl methyl sites for hydroxylation is 2. The molecule has 0 radical (unpaired) electrons. The van der Waals surface area contributed by atoms with Gasteiger partial charge >= 0.3 is 6.18 Å². The number of anilines is 1. The minimum atomic E-state index is -4.57. The molecular formula is C16H15F3N6. The summed E-state index contributed by atoms with van der Waals surface area (Å²) in [7, 11) is 1.77. The first-order valence-corrected chi connectivity index (χ1v) is 7.43. The van der Waals surface area contributed by atoms with E-state index in [4.69, 9.17) is 0 Å². The predicted octanol–water partition coefficient (Wildman–Crippen LogP) is 3.21. The number of aromatic nitrogens is 5. The molecule has 0 amide bonds. The molecule has 6 nitrogen and oxygen atoms in total. The third-order valence-corrected chi connectivity index (χ3v) is 3.49. The molecule has 3 rings (SSSR count). The smallest absolute Gasteiger partial charge is 0.364 e. The van der Waals surface area contributed by atoms with Crippen LogP contribution < -0.4 is 5.32 Å². The lowest BCUT2D eigenvalue weighted by atomic mass is 10.2. The lowest BCUT2D eigenvalue weighted by molar-refractivity contribution is -0.141. The van der Waals surface area contributed by atoms with Gasteiger partial charge in [0, 0.05) is 31.1 Å². The van der Waals surface area contributed by atoms with Gasteiger partial charge in [0.25, 0.3) is 0 Å². The maximum absolute atomic E-state index is 13.1. The highest BCUT2D eigenvalue weighted by molar-refractivity contribution is 5.56. The molecule has 0 bridgehead atoms. The van der Waals surface area contributed by atoms with E-state index in [2.05, 4.69) is 25.4 Å². The molecule has 0 saturated heterocycles. The topological polar surface area (TPSA) is 68.5 Å². The Bertz CT molecular complexity index is 873. The van der Waals surface area contributed by atoms with Crippen LogP contribution >= 0.6 is 0 Å². The summed E-state index contributed by atoms with van der Waals surface area (Å²) in [6.07, 6.45) is -1.62. The highest BCUT2D eigenvalue weighted by atomic mass is 19.4. The van der Waals surface area contributed by atoms with Crippen molar-refractivity contribution in [2.75, 3.05) is 5.32 Å². The van der Waals surface area contributed by atoms with E-state index in [0.29, 0.717) is 5.56 Å². The van der Waals surface area contributed by atoms with E-state index in [1.54, 1.807) is 23.9 Å². The summed E-state index contributed by atoms with van der Waals surface area (Å²) in [4.78, 5) is 11.7. The molecule has 0 spiro atoms. The number of halogens is 3. The Morgan fingerprint density at radius 2 is 2.00 bits per heavy atom. The average Bonchev–Trinajstić information content (AvgIpc) is 2.90. The second-order valence-corrected chi connectivity index (χ2v) is 5.46. The van der Waals surface area contributed by atoms with Gasteiger partial charge in [-0.25, -0.2) is 9.97 Å². The first-order valence-electron chi connectivity index (χ1n) is 7.43. The zero-order valence-corrected chi connectivity index (χ0v) is 13.5. The summed E-state index contributed by atoms with van der Waals surface area (Å²) in [5, 5.41) is 7.11. The molecule has 0 saturated carbocycles. The van der Waals surface area contributed by atoms with Crippen molar-refractivity contribution in [2.24, 2.45) is 7.05 Å². The Morgan fingerprint density at radius 3 is 2.60 bits per heavy atom. The van der Waals surface area contributed by atoms with Gasteiger partial charge in [-0.2, -0.15) is 18.3 Å². The van der Waals surface area contributed by atoms with Crippen LogP contribution in [-0.2, 0) is 19.8 Å². The van der Waals surface area contributed by atoms with Crippen LogP contribution in [0, 0.1) is 6.92 Å². The largest absolute Gasteiger partial charge is 0.433 e. The van der Waals surface area contributed by atoms with Crippen LogP contribution in [-0.4, -0.2) is 24.7 Å². The van der Waals surface area contributed by atoms with E-state index < -0.39 is 11.9 Å². The minimum absolute atomic E-state index is 0.0355. The van der Waals surface area contributed by atoms with E-state index in [1.807, 2.05) is 13.0 Å². The number of nitrogens with one attached hydrogen (secondary N) is 1. The maximum Gasteiger partial charge on any atom is 0.433 e. The standard InChI is InChI=1S/C16H15F3N6/c1-10-6-12(25(2)24-10)9-21-14-7-13(16(17,18)19)22-15(23-14)11-4-3-5-20-8-11/h3-8H,9H2,1-2H3,(H,21,22,23). The summed E-state index contributed by atoms with van der Waals surface area (Å²) < 4.78 is 41.1. The van der Waals surface area contributed by atoms with Crippen molar-refractivity contribution in [2.45, 2.75) is 19.6 Å². The molecule has 0 unspecified atom stereocenters. The van der Waals surface area contributed by atoms with Gasteiger partial charge in [-0.15, -0.1) is 0 Å². The molecule has 1 N–H and O–H groups in total. The molecule has 25 heavy (non-hydrogen) atoms. The van der Waals surface area contributed by atoms with Gasteiger partial charge in [0.1, 0.15) is 5.82 Å². The molecule has 9 heteroatoms. The van der Waals surface area contributed by atoms with Crippen LogP contribution in [0.25, 0.3) is 11.4 Å². The fraction of sp³-hybridized carbons (Fsp3) is 0.250. The van der Waals surface area contributed by atoms with E-state index in [0.717, 1.165) is 17.5 Å². The molecule has 0 aliphatic carbocycles. The van der Waals surface area contributed by atoms with Crippen molar-refractivity contribution in [1.82, 2.24) is 24.7 Å². The zero-order chi connectivity index (χ0) is 18.0. The van der Waals surface area contributed by atoms with Gasteiger partial charge in [0.15, 0.2) is 11.5 Å². The number of hydrogen-bond acceptors (Lipinski definition) is 5. The molecule has 3 aromatic heterocycles. The monoisotopic (exact) mass is 348 g/mol. The third kappa shape index (κ3) is 3.93. The summed E-state index contributed by atoms with van der Waals surface area (Å²) in [6.45, 7) is 2.13. The number of pyridine rings is 1. The molecule has 0 atom stereocenters. The summed E-state index contributed by atoms with van der Waals surface area (Å²) in [6, 6.07) is 5.96. The highest BCUT2D eigenvalue weighted by Gasteiger charge is 2.33. The van der Waals surface area contributed by atoms with E-state index in [9.17, 15) is 13.2 Å². The van der Waals surface area contributed by atoms with E-state index in [-0.39, 0.29) is 18.2 Å². The van der Waals surface area contributed by atoms with Gasteiger partial charge in [-0.3, -0.25) is 9.67 Å². The predicted molar refractivity (Wildman–Crippen MR) is 85.5 cm³/mol. The van der Waals surface area contributed by atoms with Crippen LogP contribution in [0.3, 0.4) is 0 Å². The van der Waals surface area contributed by atoms with Crippen molar-refractivity contribution in [3.05, 3.63) is 53.7 Å². The molecule has 3 aromatic rings. The molecule has 130 valence electrons. The maximum atomic E-state index is 13.1. The Morgan fingerprint density at radius 1 is 1.20 bits per heavy atom. The van der Waals surface area contributed by atoms with Gasteiger partial charge in [0.05, 0.1) is 17.9 Å². The quantitative estimate of drug-likeness (QED) is 0.784. The van der Waals surface area contributed by atoms with Crippen molar-refractivity contribution in [3.8, 4) is 11.4 Å². The Kier molecular flexibility index (Phi) is 4.39. The lowest BCUT2D eigenvalue weighted by Gasteiger charge is -2.12. The number of rotatable bonds is 4. The fourth-order valence-electron chi connectivity index (χ4n) is 2.32. The summed E-state index contributed by atoms with van der Waals surface area (Å²) in [5.74, 6) is 0.0478. The van der Waals surface area contributed by atoms with Crippen LogP contribution in [0.4, 0.5) is 19.0 Å². The summed E-state index contributed by atoms with van der Waals surface area (Å²) in [5.41, 5.74) is 1.06. The van der Waals surface area contributed by atoms with Crippen LogP contribution in [0.1, 0.15) is 17.1 Å². The van der Waals surface area contributed by atoms with Crippen LogP contribution in [0.5, 0.6) is 0 Å². The fourth-order valence-corrected chi connectivity index (χ4v) is 2.32. The van der Waals surface area contributed by atoms with E-state index in [1.165, 1.54) is 12.4 Å². The molecule has 0 aliphatic rings. The normalized spacial score (nSPS) is 11.6. The average molecular weight is 348 g/mol. The first kappa shape index (κ1) is 16.9. The molecule has 0 aliphatic heterocycles. The minimum Gasteiger partial charge on any atom is -0.364 e. The van der Waals surface area contributed by atoms with Gasteiger partial charge < -0.3 is 5.32 Å². The van der Waals surface area contributed by atoms with Crippen molar-refractivity contribution in [1.29, 1.82) is 0 Å². The highest BCUT2D eigenvalue weighted by Crippen LogP contribution is 2.30. The molecule has 0 aromatic carbocycles. The first-order chi connectivity index (χ1) is 11.8. The third-order valence-electron chi connectivity index (χ3n) is 3.49. The lowest BCUT2D eigenvalue weighted by Crippen LogP contribution is -2.13.